The van der Waals surface area contributed by atoms with Crippen molar-refractivity contribution >= 4 is 23.1 Å². The predicted molar refractivity (Wildman–Crippen MR) is 51.0 cm³/mol. The van der Waals surface area contributed by atoms with Gasteiger partial charge in [0.1, 0.15) is 4.88 Å². The summed E-state index contributed by atoms with van der Waals surface area (Å²) in [4.78, 5) is 14.4. The van der Waals surface area contributed by atoms with Crippen molar-refractivity contribution in [3.8, 4) is 0 Å². The van der Waals surface area contributed by atoms with Crippen LogP contribution < -0.4 is 5.73 Å². The third kappa shape index (κ3) is 1.68. The van der Waals surface area contributed by atoms with Gasteiger partial charge in [0.05, 0.1) is 12.3 Å². The van der Waals surface area contributed by atoms with Crippen LogP contribution in [0.4, 0.5) is 5.69 Å². The lowest BCUT2D eigenvalue weighted by Crippen LogP contribution is -2.08. The summed E-state index contributed by atoms with van der Waals surface area (Å²) in [6, 6.07) is 0. The van der Waals surface area contributed by atoms with Gasteiger partial charge in [-0.25, -0.2) is 9.22 Å². The minimum absolute atomic E-state index is 0.147. The van der Waals surface area contributed by atoms with Gasteiger partial charge in [0.15, 0.2) is 0 Å². The normalized spacial score (nSPS) is 10.0. The molecule has 0 aliphatic rings. The number of nitrogens with zero attached hydrogens (tertiary/aromatic N) is 2. The minimum Gasteiger partial charge on any atom is -0.366 e. The second-order valence-electron chi connectivity index (χ2n) is 2.88. The molecule has 68 valence electrons. The van der Waals surface area contributed by atoms with E-state index < -0.39 is 5.91 Å². The second kappa shape index (κ2) is 3.54. The third-order valence-corrected chi connectivity index (χ3v) is 2.44. The lowest BCUT2D eigenvalue weighted by molar-refractivity contribution is 0.100. The molecule has 0 aromatic carbocycles. The first-order chi connectivity index (χ1) is 6.07. The fourth-order valence-corrected chi connectivity index (χ4v) is 1.76. The maximum Gasteiger partial charge on any atom is 0.249 e. The van der Waals surface area contributed by atoms with Crippen LogP contribution in [-0.2, 0) is 0 Å². The Hall–Kier alpha value is -1.41. The highest BCUT2D eigenvalue weighted by molar-refractivity contribution is 7.08. The minimum atomic E-state index is -0.574. The van der Waals surface area contributed by atoms with E-state index in [1.54, 1.807) is 0 Å². The van der Waals surface area contributed by atoms with Crippen molar-refractivity contribution in [1.82, 2.24) is 4.37 Å². The molecule has 1 aromatic rings. The quantitative estimate of drug-likeness (QED) is 0.733. The zero-order chi connectivity index (χ0) is 10.0. The van der Waals surface area contributed by atoms with E-state index in [9.17, 15) is 4.79 Å². The molecule has 0 spiro atoms. The van der Waals surface area contributed by atoms with E-state index in [0.717, 1.165) is 11.5 Å². The van der Waals surface area contributed by atoms with E-state index in [1.807, 2.05) is 13.8 Å². The summed E-state index contributed by atoms with van der Waals surface area (Å²) in [5.74, 6) is -0.427. The second-order valence-corrected chi connectivity index (χ2v) is 3.65. The van der Waals surface area contributed by atoms with E-state index in [4.69, 9.17) is 12.3 Å². The molecule has 0 aliphatic carbocycles. The van der Waals surface area contributed by atoms with Crippen LogP contribution in [0.3, 0.4) is 0 Å². The number of nitrogens with two attached hydrogens (primary N) is 1. The molecule has 0 radical (unpaired) electrons. The summed E-state index contributed by atoms with van der Waals surface area (Å²) < 4.78 is 4.03. The van der Waals surface area contributed by atoms with Gasteiger partial charge in [-0.05, 0) is 17.5 Å². The topological polar surface area (TPSA) is 60.3 Å². The zero-order valence-corrected chi connectivity index (χ0v) is 8.18. The number of amides is 1. The fraction of sp³-hybridized carbons (Fsp3) is 0.375. The van der Waals surface area contributed by atoms with Gasteiger partial charge in [0.25, 0.3) is 0 Å². The Bertz CT molecular complexity index is 375. The lowest BCUT2D eigenvalue weighted by Gasteiger charge is -1.99. The molecule has 0 fully saturated rings. The van der Waals surface area contributed by atoms with E-state index in [0.29, 0.717) is 11.4 Å². The molecular weight excluding hydrogens is 186 g/mol. The van der Waals surface area contributed by atoms with E-state index in [-0.39, 0.29) is 10.8 Å². The molecule has 1 aromatic heterocycles. The number of hydrogen-bond donors (Lipinski definition) is 1. The molecule has 2 N–H and O–H groups in total. The van der Waals surface area contributed by atoms with Crippen molar-refractivity contribution in [2.75, 3.05) is 0 Å². The predicted octanol–water partition coefficient (Wildman–Crippen LogP) is 1.92. The van der Waals surface area contributed by atoms with Crippen molar-refractivity contribution in [1.29, 1.82) is 0 Å². The number of carbonyl (C=O) groups excluding carboxylic acids is 1. The van der Waals surface area contributed by atoms with E-state index in [2.05, 4.69) is 9.22 Å². The molecule has 1 heterocycles. The Morgan fingerprint density at radius 2 is 2.31 bits per heavy atom. The van der Waals surface area contributed by atoms with E-state index >= 15 is 0 Å². The molecule has 1 rings (SSSR count). The van der Waals surface area contributed by atoms with Crippen LogP contribution in [0.5, 0.6) is 0 Å². The average Bonchev–Trinajstić information content (AvgIpc) is 2.46. The van der Waals surface area contributed by atoms with Crippen molar-refractivity contribution in [2.45, 2.75) is 19.8 Å². The van der Waals surface area contributed by atoms with Gasteiger partial charge >= 0.3 is 0 Å². The number of rotatable bonds is 2. The van der Waals surface area contributed by atoms with Crippen LogP contribution in [0.2, 0.25) is 0 Å². The van der Waals surface area contributed by atoms with Crippen molar-refractivity contribution in [3.05, 3.63) is 22.0 Å². The highest BCUT2D eigenvalue weighted by atomic mass is 32.1. The van der Waals surface area contributed by atoms with Gasteiger partial charge in [-0.2, -0.15) is 0 Å². The van der Waals surface area contributed by atoms with Gasteiger partial charge in [-0.1, -0.05) is 13.8 Å². The lowest BCUT2D eigenvalue weighted by atomic mass is 10.1. The van der Waals surface area contributed by atoms with Crippen molar-refractivity contribution < 1.29 is 4.79 Å². The van der Waals surface area contributed by atoms with Crippen molar-refractivity contribution in [3.63, 3.8) is 0 Å². The summed E-state index contributed by atoms with van der Waals surface area (Å²) in [5, 5.41) is 0. The molecule has 0 aliphatic heterocycles. The van der Waals surface area contributed by atoms with E-state index in [1.165, 1.54) is 0 Å². The average molecular weight is 195 g/mol. The number of aromatic nitrogens is 1. The van der Waals surface area contributed by atoms with Crippen LogP contribution >= 0.6 is 11.5 Å². The van der Waals surface area contributed by atoms with Gasteiger partial charge in [-0.3, -0.25) is 4.79 Å². The molecule has 0 bridgehead atoms. The van der Waals surface area contributed by atoms with Crippen LogP contribution in [0.15, 0.2) is 0 Å². The highest BCUT2D eigenvalue weighted by Gasteiger charge is 2.19. The molecular formula is C8H9N3OS. The van der Waals surface area contributed by atoms with Gasteiger partial charge < -0.3 is 5.73 Å². The molecule has 0 saturated heterocycles. The van der Waals surface area contributed by atoms with Crippen LogP contribution in [0, 0.1) is 6.57 Å². The summed E-state index contributed by atoms with van der Waals surface area (Å²) in [5.41, 5.74) is 6.07. The fourth-order valence-electron chi connectivity index (χ4n) is 0.946. The van der Waals surface area contributed by atoms with Crippen LogP contribution in [-0.4, -0.2) is 10.3 Å². The zero-order valence-electron chi connectivity index (χ0n) is 7.37. The van der Waals surface area contributed by atoms with Crippen molar-refractivity contribution in [2.24, 2.45) is 5.73 Å². The SMILES string of the molecule is [C-]#[N+]c1c(C(C)C)nsc1C(N)=O. The van der Waals surface area contributed by atoms with Gasteiger partial charge in [0, 0.05) is 0 Å². The number of carbonyl (C=O) groups is 1. The Balaban J connectivity index is 3.29. The first-order valence-electron chi connectivity index (χ1n) is 3.74. The molecule has 4 nitrogen and oxygen atoms in total. The Labute approximate surface area is 80.4 Å². The monoisotopic (exact) mass is 195 g/mol. The molecule has 0 saturated carbocycles. The maximum atomic E-state index is 10.9. The summed E-state index contributed by atoms with van der Waals surface area (Å²) in [6.07, 6.45) is 0. The van der Waals surface area contributed by atoms with Crippen LogP contribution in [0.25, 0.3) is 4.85 Å². The molecule has 1 amide bonds. The largest absolute Gasteiger partial charge is 0.366 e. The molecule has 0 atom stereocenters. The number of hydrogen-bond acceptors (Lipinski definition) is 3. The Morgan fingerprint density at radius 3 is 2.69 bits per heavy atom. The Morgan fingerprint density at radius 1 is 1.69 bits per heavy atom. The first-order valence-corrected chi connectivity index (χ1v) is 4.52. The van der Waals surface area contributed by atoms with Gasteiger partial charge in [0.2, 0.25) is 11.6 Å². The standard InChI is InChI=1S/C8H9N3OS/c1-4(2)5-6(10-3)7(8(9)12)13-11-5/h4H,1-2H3,(H2,9,12). The van der Waals surface area contributed by atoms with Crippen LogP contribution in [0.1, 0.15) is 35.1 Å². The summed E-state index contributed by atoms with van der Waals surface area (Å²) in [7, 11) is 0. The maximum absolute atomic E-state index is 10.9. The molecule has 0 unspecified atom stereocenters. The third-order valence-electron chi connectivity index (χ3n) is 1.58. The van der Waals surface area contributed by atoms with Gasteiger partial charge in [-0.15, -0.1) is 0 Å². The summed E-state index contributed by atoms with van der Waals surface area (Å²) in [6.45, 7) is 10.8. The highest BCUT2D eigenvalue weighted by Crippen LogP contribution is 2.32. The number of primary amides is 1. The first kappa shape index (κ1) is 9.68. The summed E-state index contributed by atoms with van der Waals surface area (Å²) >= 11 is 0.999. The Kier molecular flexibility index (Phi) is 2.63. The molecule has 5 heteroatoms. The smallest absolute Gasteiger partial charge is 0.249 e. The molecule has 13 heavy (non-hydrogen) atoms.